The Morgan fingerprint density at radius 1 is 0.330 bits per heavy atom. The van der Waals surface area contributed by atoms with Crippen LogP contribution in [0.4, 0.5) is 0 Å². The highest BCUT2D eigenvalue weighted by molar-refractivity contribution is 7.47. The minimum Gasteiger partial charge on any atom is -0.462 e. The number of carbonyl (C=O) groups is 4. The predicted octanol–water partition coefficient (Wildman–Crippen LogP) is 21.6. The Balaban J connectivity index is 5.20. The average Bonchev–Trinajstić information content (AvgIpc) is 1.92. The van der Waals surface area contributed by atoms with Crippen LogP contribution in [0, 0.1) is 5.92 Å². The standard InChI is InChI=1S/C75H142O17P2/c1-6-9-12-15-18-21-23-25-27-28-29-30-31-32-34-36-38-41-44-50-55-60-74(79)91-70(64-86-73(78)59-54-49-43-40-37-35-33-26-24-22-19-16-13-10-7-2)66-89-93(81,82)87-62-69(76)63-88-94(83,84)90-67-71(92-75(80)61-56-51-46-45-47-52-57-68(4)5)65-85-72(77)58-53-48-42-39-20-17-14-11-8-3/h22,24,26,33,68-71,76H,6-21,23,25,27-32,34-67H2,1-5H3,(H,81,82)(H,83,84)/b24-22-,33-26-/t69-,70-,71-/m1/s1. The van der Waals surface area contributed by atoms with Crippen molar-refractivity contribution in [2.45, 2.75) is 387 Å². The van der Waals surface area contributed by atoms with Crippen LogP contribution in [-0.4, -0.2) is 96.7 Å². The SMILES string of the molecule is CCCCCC/C=C\C=C/CCCCCCCC(=O)OC[C@H](COP(=O)(O)OC[C@@H](O)COP(=O)(O)OC[C@@H](COC(=O)CCCCCCCCCCC)OC(=O)CCCCCCCCC(C)C)OC(=O)CCCCCCCCCCCCCCCCCCCCCCC. The second-order valence-corrected chi connectivity index (χ2v) is 29.7. The van der Waals surface area contributed by atoms with Crippen molar-refractivity contribution < 1.29 is 80.2 Å². The number of allylic oxidation sites excluding steroid dienone is 4. The molecule has 94 heavy (non-hydrogen) atoms. The molecule has 0 amide bonds. The van der Waals surface area contributed by atoms with Crippen molar-refractivity contribution in [3.8, 4) is 0 Å². The van der Waals surface area contributed by atoms with E-state index in [1.165, 1.54) is 173 Å². The molecule has 0 saturated carbocycles. The number of hydrogen-bond acceptors (Lipinski definition) is 15. The lowest BCUT2D eigenvalue weighted by Gasteiger charge is -2.21. The topological polar surface area (TPSA) is 237 Å². The molecule has 0 heterocycles. The third-order valence-corrected chi connectivity index (χ3v) is 18.8. The van der Waals surface area contributed by atoms with E-state index >= 15 is 0 Å². The summed E-state index contributed by atoms with van der Waals surface area (Å²) in [5.74, 6) is -1.49. The van der Waals surface area contributed by atoms with Gasteiger partial charge in [0.1, 0.15) is 19.3 Å². The molecule has 5 atom stereocenters. The zero-order chi connectivity index (χ0) is 69.1. The van der Waals surface area contributed by atoms with E-state index in [4.69, 9.17) is 37.0 Å². The maximum absolute atomic E-state index is 13.1. The van der Waals surface area contributed by atoms with Crippen LogP contribution in [0.25, 0.3) is 0 Å². The summed E-state index contributed by atoms with van der Waals surface area (Å²) >= 11 is 0. The number of aliphatic hydroxyl groups excluding tert-OH is 1. The fourth-order valence-corrected chi connectivity index (χ4v) is 12.6. The molecule has 0 aliphatic carbocycles. The molecule has 0 spiro atoms. The molecule has 3 N–H and O–H groups in total. The van der Waals surface area contributed by atoms with Crippen molar-refractivity contribution in [1.29, 1.82) is 0 Å². The van der Waals surface area contributed by atoms with Gasteiger partial charge in [-0.05, 0) is 57.3 Å². The second kappa shape index (κ2) is 67.7. The van der Waals surface area contributed by atoms with Crippen LogP contribution in [-0.2, 0) is 65.4 Å². The number of aliphatic hydroxyl groups is 1. The highest BCUT2D eigenvalue weighted by Crippen LogP contribution is 2.45. The summed E-state index contributed by atoms with van der Waals surface area (Å²) in [6, 6.07) is 0. The lowest BCUT2D eigenvalue weighted by Crippen LogP contribution is -2.30. The maximum atomic E-state index is 13.1. The quantitative estimate of drug-likeness (QED) is 0.0169. The van der Waals surface area contributed by atoms with Crippen LogP contribution < -0.4 is 0 Å². The second-order valence-electron chi connectivity index (χ2n) is 26.8. The first-order valence-corrected chi connectivity index (χ1v) is 41.4. The van der Waals surface area contributed by atoms with E-state index in [0.717, 1.165) is 109 Å². The van der Waals surface area contributed by atoms with Gasteiger partial charge in [-0.2, -0.15) is 0 Å². The summed E-state index contributed by atoms with van der Waals surface area (Å²) in [7, 11) is -9.91. The van der Waals surface area contributed by atoms with E-state index in [1.54, 1.807) is 0 Å². The Hall–Kier alpha value is -2.46. The van der Waals surface area contributed by atoms with Crippen molar-refractivity contribution in [3.05, 3.63) is 24.3 Å². The van der Waals surface area contributed by atoms with Gasteiger partial charge in [0, 0.05) is 25.7 Å². The summed E-state index contributed by atoms with van der Waals surface area (Å²) in [6.07, 6.45) is 59.5. The third kappa shape index (κ3) is 68.1. The molecule has 0 bridgehead atoms. The normalized spacial score (nSPS) is 14.1. The Labute approximate surface area is 573 Å². The minimum absolute atomic E-state index is 0.100. The smallest absolute Gasteiger partial charge is 0.462 e. The molecule has 0 aliphatic rings. The van der Waals surface area contributed by atoms with Crippen molar-refractivity contribution >= 4 is 39.5 Å². The zero-order valence-corrected chi connectivity index (χ0v) is 62.4. The maximum Gasteiger partial charge on any atom is 0.472 e. The zero-order valence-electron chi connectivity index (χ0n) is 60.6. The lowest BCUT2D eigenvalue weighted by atomic mass is 10.0. The van der Waals surface area contributed by atoms with E-state index in [0.29, 0.717) is 31.6 Å². The number of carbonyl (C=O) groups excluding carboxylic acids is 4. The Bertz CT molecular complexity index is 1900. The van der Waals surface area contributed by atoms with Gasteiger partial charge >= 0.3 is 39.5 Å². The van der Waals surface area contributed by atoms with Crippen LogP contribution in [0.5, 0.6) is 0 Å². The van der Waals surface area contributed by atoms with Gasteiger partial charge in [-0.15, -0.1) is 0 Å². The highest BCUT2D eigenvalue weighted by Gasteiger charge is 2.30. The monoisotopic (exact) mass is 1380 g/mol. The number of ether oxygens (including phenoxy) is 4. The first-order chi connectivity index (χ1) is 45.5. The first kappa shape index (κ1) is 91.5. The summed E-state index contributed by atoms with van der Waals surface area (Å²) in [5.41, 5.74) is 0. The average molecular weight is 1380 g/mol. The molecule has 0 aliphatic heterocycles. The van der Waals surface area contributed by atoms with Gasteiger partial charge in [0.05, 0.1) is 26.4 Å². The molecule has 0 radical (unpaired) electrons. The van der Waals surface area contributed by atoms with E-state index < -0.39 is 97.5 Å². The summed E-state index contributed by atoms with van der Waals surface area (Å²) in [4.78, 5) is 72.6. The van der Waals surface area contributed by atoms with Gasteiger partial charge in [-0.25, -0.2) is 9.13 Å². The number of phosphoric ester groups is 2. The number of unbranched alkanes of at least 4 members (excludes halogenated alkanes) is 42. The van der Waals surface area contributed by atoms with Crippen molar-refractivity contribution in [1.82, 2.24) is 0 Å². The summed E-state index contributed by atoms with van der Waals surface area (Å²) in [6.45, 7) is 7.10. The number of phosphoric acid groups is 2. The number of hydrogen-bond donors (Lipinski definition) is 3. The van der Waals surface area contributed by atoms with Gasteiger partial charge in [-0.1, -0.05) is 316 Å². The summed E-state index contributed by atoms with van der Waals surface area (Å²) in [5, 5.41) is 10.6. The fraction of sp³-hybridized carbons (Fsp3) is 0.893. The molecule has 17 nitrogen and oxygen atoms in total. The van der Waals surface area contributed by atoms with Gasteiger partial charge in [-0.3, -0.25) is 37.3 Å². The Kier molecular flexibility index (Phi) is 65.9. The molecular formula is C75H142O17P2. The summed E-state index contributed by atoms with van der Waals surface area (Å²) < 4.78 is 68.3. The molecule has 0 saturated heterocycles. The molecule has 0 aromatic heterocycles. The molecule has 0 rings (SSSR count). The lowest BCUT2D eigenvalue weighted by molar-refractivity contribution is -0.161. The first-order valence-electron chi connectivity index (χ1n) is 38.5. The van der Waals surface area contributed by atoms with E-state index in [2.05, 4.69) is 58.9 Å². The Morgan fingerprint density at radius 3 is 0.872 bits per heavy atom. The number of rotatable bonds is 73. The van der Waals surface area contributed by atoms with E-state index in [9.17, 15) is 43.2 Å². The molecule has 0 aromatic carbocycles. The Morgan fingerprint density at radius 2 is 0.574 bits per heavy atom. The van der Waals surface area contributed by atoms with E-state index in [-0.39, 0.29) is 25.7 Å². The molecule has 0 aromatic rings. The van der Waals surface area contributed by atoms with Crippen molar-refractivity contribution in [2.24, 2.45) is 5.92 Å². The van der Waals surface area contributed by atoms with Gasteiger partial charge in [0.15, 0.2) is 12.2 Å². The van der Waals surface area contributed by atoms with Crippen molar-refractivity contribution in [2.75, 3.05) is 39.6 Å². The number of esters is 4. The largest absolute Gasteiger partial charge is 0.472 e. The third-order valence-electron chi connectivity index (χ3n) is 16.9. The van der Waals surface area contributed by atoms with Crippen LogP contribution >= 0.6 is 15.6 Å². The molecular weight excluding hydrogens is 1230 g/mol. The van der Waals surface area contributed by atoms with Crippen LogP contribution in [0.1, 0.15) is 369 Å². The van der Waals surface area contributed by atoms with Gasteiger partial charge < -0.3 is 33.8 Å². The highest BCUT2D eigenvalue weighted by atomic mass is 31.2. The molecule has 19 heteroatoms. The molecule has 0 fully saturated rings. The fourth-order valence-electron chi connectivity index (χ4n) is 11.0. The predicted molar refractivity (Wildman–Crippen MR) is 381 cm³/mol. The van der Waals surface area contributed by atoms with Crippen LogP contribution in [0.15, 0.2) is 24.3 Å². The van der Waals surface area contributed by atoms with Crippen molar-refractivity contribution in [3.63, 3.8) is 0 Å². The van der Waals surface area contributed by atoms with Crippen LogP contribution in [0.3, 0.4) is 0 Å². The van der Waals surface area contributed by atoms with E-state index in [1.807, 2.05) is 0 Å². The molecule has 554 valence electrons. The molecule has 2 unspecified atom stereocenters. The minimum atomic E-state index is -4.96. The van der Waals surface area contributed by atoms with Gasteiger partial charge in [0.2, 0.25) is 0 Å². The van der Waals surface area contributed by atoms with Gasteiger partial charge in [0.25, 0.3) is 0 Å². The van der Waals surface area contributed by atoms with Crippen LogP contribution in [0.2, 0.25) is 0 Å².